The third-order valence-electron chi connectivity index (χ3n) is 3.95. The van der Waals surface area contributed by atoms with Crippen molar-refractivity contribution < 1.29 is 22.7 Å². The van der Waals surface area contributed by atoms with Gasteiger partial charge in [-0.25, -0.2) is 13.1 Å². The fourth-order valence-corrected chi connectivity index (χ4v) is 3.77. The quantitative estimate of drug-likeness (QED) is 0.658. The van der Waals surface area contributed by atoms with Crippen LogP contribution in [-0.2, 0) is 24.3 Å². The van der Waals surface area contributed by atoms with E-state index in [1.54, 1.807) is 38.1 Å². The first kappa shape index (κ1) is 21.6. The SMILES string of the molecule is Cc1ccc(NC(=O)COC(=O)CCNS(=O)(=O)c2cc(C)ccc2C)cc1. The number of hydrogen-bond donors (Lipinski definition) is 2. The van der Waals surface area contributed by atoms with Gasteiger partial charge in [-0.1, -0.05) is 29.8 Å². The largest absolute Gasteiger partial charge is 0.456 e. The summed E-state index contributed by atoms with van der Waals surface area (Å²) in [4.78, 5) is 23.7. The molecule has 28 heavy (non-hydrogen) atoms. The van der Waals surface area contributed by atoms with E-state index in [1.807, 2.05) is 25.1 Å². The van der Waals surface area contributed by atoms with Gasteiger partial charge in [-0.15, -0.1) is 0 Å². The lowest BCUT2D eigenvalue weighted by Gasteiger charge is -2.10. The molecule has 2 aromatic carbocycles. The second-order valence-corrected chi connectivity index (χ2v) is 8.23. The molecule has 0 spiro atoms. The number of aryl methyl sites for hydroxylation is 3. The van der Waals surface area contributed by atoms with Crippen molar-refractivity contribution in [1.82, 2.24) is 4.72 Å². The van der Waals surface area contributed by atoms with E-state index in [9.17, 15) is 18.0 Å². The maximum atomic E-state index is 12.4. The predicted octanol–water partition coefficient (Wildman–Crippen LogP) is 2.46. The summed E-state index contributed by atoms with van der Waals surface area (Å²) in [6.45, 7) is 4.89. The molecule has 2 N–H and O–H groups in total. The molecule has 0 saturated carbocycles. The molecule has 150 valence electrons. The van der Waals surface area contributed by atoms with Crippen LogP contribution in [-0.4, -0.2) is 33.4 Å². The number of benzene rings is 2. The van der Waals surface area contributed by atoms with E-state index in [0.29, 0.717) is 11.3 Å². The minimum Gasteiger partial charge on any atom is -0.456 e. The van der Waals surface area contributed by atoms with E-state index < -0.39 is 28.5 Å². The van der Waals surface area contributed by atoms with Gasteiger partial charge in [0, 0.05) is 12.2 Å². The third kappa shape index (κ3) is 6.47. The van der Waals surface area contributed by atoms with Crippen LogP contribution in [0.1, 0.15) is 23.1 Å². The fraction of sp³-hybridized carbons (Fsp3) is 0.300. The molecular formula is C20H24N2O5S. The molecule has 0 unspecified atom stereocenters. The van der Waals surface area contributed by atoms with Crippen LogP contribution in [0.15, 0.2) is 47.4 Å². The second kappa shape index (κ2) is 9.48. The molecular weight excluding hydrogens is 380 g/mol. The van der Waals surface area contributed by atoms with Gasteiger partial charge in [-0.3, -0.25) is 9.59 Å². The summed E-state index contributed by atoms with van der Waals surface area (Å²) in [5, 5.41) is 2.61. The lowest BCUT2D eigenvalue weighted by Crippen LogP contribution is -2.28. The second-order valence-electron chi connectivity index (χ2n) is 6.49. The highest BCUT2D eigenvalue weighted by molar-refractivity contribution is 7.89. The average molecular weight is 404 g/mol. The third-order valence-corrected chi connectivity index (χ3v) is 5.56. The van der Waals surface area contributed by atoms with Crippen molar-refractivity contribution in [2.45, 2.75) is 32.1 Å². The maximum absolute atomic E-state index is 12.4. The molecule has 2 aromatic rings. The molecule has 0 aromatic heterocycles. The lowest BCUT2D eigenvalue weighted by atomic mass is 10.2. The Kier molecular flexibility index (Phi) is 7.31. The van der Waals surface area contributed by atoms with E-state index in [2.05, 4.69) is 10.0 Å². The van der Waals surface area contributed by atoms with Gasteiger partial charge < -0.3 is 10.1 Å². The molecule has 8 heteroatoms. The van der Waals surface area contributed by atoms with Crippen LogP contribution >= 0.6 is 0 Å². The van der Waals surface area contributed by atoms with E-state index in [-0.39, 0.29) is 17.9 Å². The van der Waals surface area contributed by atoms with Crippen molar-refractivity contribution in [3.05, 3.63) is 59.2 Å². The molecule has 0 radical (unpaired) electrons. The number of amides is 1. The topological polar surface area (TPSA) is 102 Å². The van der Waals surface area contributed by atoms with Crippen LogP contribution in [0.3, 0.4) is 0 Å². The van der Waals surface area contributed by atoms with Crippen LogP contribution in [0, 0.1) is 20.8 Å². The van der Waals surface area contributed by atoms with Crippen molar-refractivity contribution in [2.24, 2.45) is 0 Å². The minimum atomic E-state index is -3.72. The van der Waals surface area contributed by atoms with Gasteiger partial charge in [-0.05, 0) is 50.1 Å². The van der Waals surface area contributed by atoms with Crippen molar-refractivity contribution in [3.63, 3.8) is 0 Å². The van der Waals surface area contributed by atoms with Crippen LogP contribution in [0.25, 0.3) is 0 Å². The Morgan fingerprint density at radius 3 is 2.29 bits per heavy atom. The first-order valence-electron chi connectivity index (χ1n) is 8.76. The van der Waals surface area contributed by atoms with Gasteiger partial charge >= 0.3 is 5.97 Å². The van der Waals surface area contributed by atoms with Gasteiger partial charge in [0.15, 0.2) is 6.61 Å². The number of anilines is 1. The first-order valence-corrected chi connectivity index (χ1v) is 10.2. The zero-order valence-electron chi connectivity index (χ0n) is 16.1. The van der Waals surface area contributed by atoms with E-state index >= 15 is 0 Å². The molecule has 0 fully saturated rings. The van der Waals surface area contributed by atoms with Crippen molar-refractivity contribution >= 4 is 27.6 Å². The molecule has 0 aliphatic heterocycles. The van der Waals surface area contributed by atoms with Gasteiger partial charge in [0.25, 0.3) is 5.91 Å². The Labute approximate surface area is 165 Å². The number of carbonyl (C=O) groups excluding carboxylic acids is 2. The van der Waals surface area contributed by atoms with Crippen LogP contribution in [0.4, 0.5) is 5.69 Å². The fourth-order valence-electron chi connectivity index (χ4n) is 2.41. The number of carbonyl (C=O) groups is 2. The summed E-state index contributed by atoms with van der Waals surface area (Å²) in [5.41, 5.74) is 3.11. The van der Waals surface area contributed by atoms with Crippen LogP contribution in [0.2, 0.25) is 0 Å². The summed E-state index contributed by atoms with van der Waals surface area (Å²) in [5.74, 6) is -1.13. The summed E-state index contributed by atoms with van der Waals surface area (Å²) >= 11 is 0. The minimum absolute atomic E-state index is 0.117. The van der Waals surface area contributed by atoms with Crippen molar-refractivity contribution in [3.8, 4) is 0 Å². The van der Waals surface area contributed by atoms with Crippen molar-refractivity contribution in [2.75, 3.05) is 18.5 Å². The number of sulfonamides is 1. The van der Waals surface area contributed by atoms with Crippen LogP contribution in [0.5, 0.6) is 0 Å². The summed E-state index contributed by atoms with van der Waals surface area (Å²) in [6.07, 6.45) is -0.179. The number of nitrogens with one attached hydrogen (secondary N) is 2. The highest BCUT2D eigenvalue weighted by Crippen LogP contribution is 2.16. The van der Waals surface area contributed by atoms with Crippen LogP contribution < -0.4 is 10.0 Å². The first-order chi connectivity index (χ1) is 13.2. The summed E-state index contributed by atoms with van der Waals surface area (Å²) in [6, 6.07) is 12.3. The zero-order chi connectivity index (χ0) is 20.7. The Bertz CT molecular complexity index is 953. The number of esters is 1. The maximum Gasteiger partial charge on any atom is 0.307 e. The zero-order valence-corrected chi connectivity index (χ0v) is 16.9. The molecule has 0 aliphatic rings. The number of ether oxygens (including phenoxy) is 1. The molecule has 0 bridgehead atoms. The average Bonchev–Trinajstić information content (AvgIpc) is 2.63. The van der Waals surface area contributed by atoms with Gasteiger partial charge in [-0.2, -0.15) is 0 Å². The molecule has 2 rings (SSSR count). The molecule has 7 nitrogen and oxygen atoms in total. The summed E-state index contributed by atoms with van der Waals surface area (Å²) in [7, 11) is -3.72. The number of rotatable bonds is 8. The van der Waals surface area contributed by atoms with E-state index in [4.69, 9.17) is 4.74 Å². The molecule has 0 heterocycles. The Hall–Kier alpha value is -2.71. The highest BCUT2D eigenvalue weighted by Gasteiger charge is 2.17. The Morgan fingerprint density at radius 1 is 0.964 bits per heavy atom. The lowest BCUT2D eigenvalue weighted by molar-refractivity contribution is -0.147. The standard InChI is InChI=1S/C20H24N2O5S/c1-14-5-8-17(9-6-14)22-19(23)13-27-20(24)10-11-21-28(25,26)18-12-15(2)4-7-16(18)3/h4-9,12,21H,10-11,13H2,1-3H3,(H,22,23). The Balaban J connectivity index is 1.77. The summed E-state index contributed by atoms with van der Waals surface area (Å²) < 4.78 is 32.0. The van der Waals surface area contributed by atoms with Gasteiger partial charge in [0.2, 0.25) is 10.0 Å². The number of hydrogen-bond acceptors (Lipinski definition) is 5. The van der Waals surface area contributed by atoms with E-state index in [0.717, 1.165) is 11.1 Å². The molecule has 0 aliphatic carbocycles. The molecule has 1 amide bonds. The highest BCUT2D eigenvalue weighted by atomic mass is 32.2. The Morgan fingerprint density at radius 2 is 1.61 bits per heavy atom. The van der Waals surface area contributed by atoms with E-state index in [1.165, 1.54) is 0 Å². The smallest absolute Gasteiger partial charge is 0.307 e. The predicted molar refractivity (Wildman–Crippen MR) is 106 cm³/mol. The van der Waals surface area contributed by atoms with Gasteiger partial charge in [0.1, 0.15) is 0 Å². The monoisotopic (exact) mass is 404 g/mol. The normalized spacial score (nSPS) is 11.1. The van der Waals surface area contributed by atoms with Crippen molar-refractivity contribution in [1.29, 1.82) is 0 Å². The molecule has 0 atom stereocenters. The molecule has 0 saturated heterocycles. The van der Waals surface area contributed by atoms with Gasteiger partial charge in [0.05, 0.1) is 11.3 Å².